The van der Waals surface area contributed by atoms with Crippen molar-refractivity contribution in [1.29, 1.82) is 0 Å². The first-order valence-electron chi connectivity index (χ1n) is 10.4. The largest absolute Gasteiger partial charge is 0.495 e. The summed E-state index contributed by atoms with van der Waals surface area (Å²) in [6.07, 6.45) is 2.77. The Bertz CT molecular complexity index is 1460. The average molecular weight is 537 g/mol. The number of benzene rings is 2. The molecule has 9 nitrogen and oxygen atoms in total. The van der Waals surface area contributed by atoms with Crippen molar-refractivity contribution >= 4 is 33.3 Å². The van der Waals surface area contributed by atoms with Crippen LogP contribution in [0.5, 0.6) is 5.75 Å². The number of ether oxygens (including phenoxy) is 2. The normalized spacial score (nSPS) is 13.4. The number of anilines is 2. The third-order valence-electron chi connectivity index (χ3n) is 5.05. The van der Waals surface area contributed by atoms with Crippen LogP contribution in [0.2, 0.25) is 5.02 Å². The van der Waals surface area contributed by atoms with Crippen molar-refractivity contribution in [2.45, 2.75) is 17.5 Å². The molecule has 36 heavy (non-hydrogen) atoms. The first kappa shape index (κ1) is 25.6. The molecule has 0 spiro atoms. The van der Waals surface area contributed by atoms with Gasteiger partial charge >= 0.3 is 0 Å². The van der Waals surface area contributed by atoms with Crippen LogP contribution in [-0.4, -0.2) is 49.9 Å². The molecule has 2 heterocycles. The predicted molar refractivity (Wildman–Crippen MR) is 127 cm³/mol. The minimum absolute atomic E-state index is 0.0100. The van der Waals surface area contributed by atoms with Gasteiger partial charge in [0.05, 0.1) is 49.8 Å². The monoisotopic (exact) mass is 536 g/mol. The van der Waals surface area contributed by atoms with E-state index < -0.39 is 44.4 Å². The fraction of sp³-hybridized carbons (Fsp3) is 0.217. The Labute approximate surface area is 210 Å². The Kier molecular flexibility index (Phi) is 7.56. The summed E-state index contributed by atoms with van der Waals surface area (Å²) in [6.45, 7) is 0.555. The Morgan fingerprint density at radius 2 is 1.94 bits per heavy atom. The van der Waals surface area contributed by atoms with Crippen molar-refractivity contribution in [3.05, 3.63) is 70.0 Å². The molecule has 0 aliphatic carbocycles. The predicted octanol–water partition coefficient (Wildman–Crippen LogP) is 2.92. The first-order valence-corrected chi connectivity index (χ1v) is 12.2. The topological polar surface area (TPSA) is 123 Å². The Morgan fingerprint density at radius 1 is 1.22 bits per heavy atom. The van der Waals surface area contributed by atoms with E-state index in [1.807, 2.05) is 0 Å². The van der Waals surface area contributed by atoms with Crippen LogP contribution >= 0.6 is 11.6 Å². The quantitative estimate of drug-likeness (QED) is 0.394. The number of aromatic nitrogens is 2. The molecule has 0 bridgehead atoms. The minimum Gasteiger partial charge on any atom is -0.495 e. The third kappa shape index (κ3) is 5.50. The van der Waals surface area contributed by atoms with Gasteiger partial charge in [-0.05, 0) is 24.3 Å². The summed E-state index contributed by atoms with van der Waals surface area (Å²) < 4.78 is 67.7. The zero-order valence-corrected chi connectivity index (χ0v) is 20.3. The fourth-order valence-electron chi connectivity index (χ4n) is 3.22. The highest BCUT2D eigenvalue weighted by atomic mass is 35.5. The molecule has 0 radical (unpaired) electrons. The second-order valence-electron chi connectivity index (χ2n) is 7.57. The van der Waals surface area contributed by atoms with Crippen molar-refractivity contribution in [3.8, 4) is 17.6 Å². The molecule has 188 valence electrons. The SMILES string of the molecule is COc1c(CO)cc(Cl)cc1S(=O)(=O)Nc1ccc(F)c(C#Cc2cnc(NC3COC3)nc2)c1F. The highest BCUT2D eigenvalue weighted by Gasteiger charge is 2.25. The maximum absolute atomic E-state index is 15.1. The maximum atomic E-state index is 15.1. The zero-order valence-electron chi connectivity index (χ0n) is 18.7. The Hall–Kier alpha value is -3.50. The molecule has 3 aromatic rings. The van der Waals surface area contributed by atoms with Gasteiger partial charge in [-0.25, -0.2) is 27.2 Å². The molecule has 0 atom stereocenters. The number of aliphatic hydroxyl groups excluding tert-OH is 1. The Balaban J connectivity index is 1.61. The van der Waals surface area contributed by atoms with Gasteiger partial charge in [-0.1, -0.05) is 23.4 Å². The number of rotatable bonds is 7. The summed E-state index contributed by atoms with van der Waals surface area (Å²) in [4.78, 5) is 7.76. The van der Waals surface area contributed by atoms with E-state index in [0.717, 1.165) is 18.2 Å². The Morgan fingerprint density at radius 3 is 2.56 bits per heavy atom. The fourth-order valence-corrected chi connectivity index (χ4v) is 4.82. The number of nitrogens with zero attached hydrogens (tertiary/aromatic N) is 2. The highest BCUT2D eigenvalue weighted by molar-refractivity contribution is 7.92. The molecule has 1 aromatic heterocycles. The van der Waals surface area contributed by atoms with Crippen molar-refractivity contribution in [2.24, 2.45) is 0 Å². The van der Waals surface area contributed by atoms with Crippen molar-refractivity contribution < 1.29 is 31.8 Å². The van der Waals surface area contributed by atoms with Gasteiger partial charge < -0.3 is 19.9 Å². The summed E-state index contributed by atoms with van der Waals surface area (Å²) >= 11 is 5.97. The molecular weight excluding hydrogens is 518 g/mol. The lowest BCUT2D eigenvalue weighted by atomic mass is 10.1. The molecule has 0 saturated carbocycles. The number of hydrogen-bond donors (Lipinski definition) is 3. The summed E-state index contributed by atoms with van der Waals surface area (Å²) in [5, 5.41) is 12.6. The van der Waals surface area contributed by atoms with E-state index in [4.69, 9.17) is 21.1 Å². The van der Waals surface area contributed by atoms with E-state index in [2.05, 4.69) is 31.8 Å². The van der Waals surface area contributed by atoms with Crippen LogP contribution in [-0.2, 0) is 21.4 Å². The molecule has 4 rings (SSSR count). The molecule has 1 aliphatic rings. The van der Waals surface area contributed by atoms with Gasteiger partial charge in [0.1, 0.15) is 16.5 Å². The van der Waals surface area contributed by atoms with E-state index in [0.29, 0.717) is 19.2 Å². The van der Waals surface area contributed by atoms with Crippen LogP contribution in [0.25, 0.3) is 0 Å². The van der Waals surface area contributed by atoms with Crippen molar-refractivity contribution in [3.63, 3.8) is 0 Å². The van der Waals surface area contributed by atoms with Gasteiger partial charge in [0.25, 0.3) is 10.0 Å². The number of halogens is 3. The van der Waals surface area contributed by atoms with Gasteiger partial charge in [0, 0.05) is 23.0 Å². The molecule has 0 amide bonds. The summed E-state index contributed by atoms with van der Waals surface area (Å²) in [5.41, 5.74) is -0.804. The lowest BCUT2D eigenvalue weighted by Crippen LogP contribution is -2.40. The molecule has 13 heteroatoms. The summed E-state index contributed by atoms with van der Waals surface area (Å²) in [6, 6.07) is 4.34. The minimum atomic E-state index is -4.46. The molecule has 3 N–H and O–H groups in total. The molecule has 1 saturated heterocycles. The van der Waals surface area contributed by atoms with Crippen LogP contribution in [0.3, 0.4) is 0 Å². The molecule has 0 unspecified atom stereocenters. The van der Waals surface area contributed by atoms with Crippen LogP contribution in [0.15, 0.2) is 41.6 Å². The van der Waals surface area contributed by atoms with E-state index in [1.54, 1.807) is 0 Å². The van der Waals surface area contributed by atoms with Crippen LogP contribution in [0, 0.1) is 23.5 Å². The summed E-state index contributed by atoms with van der Waals surface area (Å²) in [7, 11) is -3.25. The summed E-state index contributed by atoms with van der Waals surface area (Å²) in [5.74, 6) is 2.91. The number of nitrogens with one attached hydrogen (secondary N) is 2. The third-order valence-corrected chi connectivity index (χ3v) is 6.64. The van der Waals surface area contributed by atoms with Crippen LogP contribution in [0.1, 0.15) is 16.7 Å². The number of sulfonamides is 1. The zero-order chi connectivity index (χ0) is 25.9. The first-order chi connectivity index (χ1) is 17.2. The highest BCUT2D eigenvalue weighted by Crippen LogP contribution is 2.33. The van der Waals surface area contributed by atoms with Gasteiger partial charge in [-0.3, -0.25) is 4.72 Å². The van der Waals surface area contributed by atoms with Crippen LogP contribution < -0.4 is 14.8 Å². The van der Waals surface area contributed by atoms with E-state index in [-0.39, 0.29) is 27.9 Å². The molecule has 1 fully saturated rings. The van der Waals surface area contributed by atoms with Crippen molar-refractivity contribution in [1.82, 2.24) is 9.97 Å². The van der Waals surface area contributed by atoms with Gasteiger partial charge in [0.2, 0.25) is 5.95 Å². The number of hydrogen-bond acceptors (Lipinski definition) is 8. The molecule has 2 aromatic carbocycles. The smallest absolute Gasteiger partial charge is 0.265 e. The van der Waals surface area contributed by atoms with E-state index in [9.17, 15) is 17.9 Å². The van der Waals surface area contributed by atoms with Crippen molar-refractivity contribution in [2.75, 3.05) is 30.4 Å². The average Bonchev–Trinajstić information content (AvgIpc) is 2.83. The van der Waals surface area contributed by atoms with Gasteiger partial charge in [0.15, 0.2) is 5.82 Å². The maximum Gasteiger partial charge on any atom is 0.265 e. The standard InChI is InChI=1S/C23H19ClF2N4O5S/c1-34-22-14(10-31)6-15(24)7-20(22)36(32,33)30-19-5-4-18(25)17(21(19)26)3-2-13-8-27-23(28-9-13)29-16-11-35-12-16/h4-9,16,30-31H,10-12H2,1H3,(H,27,28,29). The second kappa shape index (κ2) is 10.6. The number of methoxy groups -OCH3 is 1. The number of aliphatic hydroxyl groups is 1. The van der Waals surface area contributed by atoms with Gasteiger partial charge in [-0.2, -0.15) is 0 Å². The lowest BCUT2D eigenvalue weighted by molar-refractivity contribution is 0.0208. The van der Waals surface area contributed by atoms with Gasteiger partial charge in [-0.15, -0.1) is 0 Å². The molecule has 1 aliphatic heterocycles. The molecular formula is C23H19ClF2N4O5S. The van der Waals surface area contributed by atoms with E-state index >= 15 is 4.39 Å². The second-order valence-corrected chi connectivity index (χ2v) is 9.66. The van der Waals surface area contributed by atoms with Crippen LogP contribution in [0.4, 0.5) is 20.4 Å². The van der Waals surface area contributed by atoms with E-state index in [1.165, 1.54) is 25.6 Å². The lowest BCUT2D eigenvalue weighted by Gasteiger charge is -2.26.